The van der Waals surface area contributed by atoms with E-state index in [1.54, 1.807) is 6.21 Å². The lowest BCUT2D eigenvalue weighted by Crippen LogP contribution is -2.41. The molecule has 0 saturated heterocycles. The van der Waals surface area contributed by atoms with Gasteiger partial charge in [0.05, 0.1) is 12.8 Å². The van der Waals surface area contributed by atoms with Gasteiger partial charge < -0.3 is 14.2 Å². The highest BCUT2D eigenvalue weighted by atomic mass is 16.5. The number of hydrazone groups is 1. The predicted molar refractivity (Wildman–Crippen MR) is 110 cm³/mol. The molecule has 0 aliphatic carbocycles. The summed E-state index contributed by atoms with van der Waals surface area (Å²) in [5.41, 5.74) is 6.20. The van der Waals surface area contributed by atoms with Crippen LogP contribution in [-0.2, 0) is 9.59 Å². The van der Waals surface area contributed by atoms with E-state index >= 15 is 0 Å². The van der Waals surface area contributed by atoms with Crippen LogP contribution in [-0.4, -0.2) is 47.2 Å². The first-order valence-corrected chi connectivity index (χ1v) is 9.47. The fraction of sp³-hybridized carbons (Fsp3) is 0.381. The monoisotopic (exact) mass is 384 g/mol. The number of aryl methyl sites for hydroxylation is 1. The van der Waals surface area contributed by atoms with E-state index in [9.17, 15) is 9.59 Å². The highest BCUT2D eigenvalue weighted by Crippen LogP contribution is 2.22. The summed E-state index contributed by atoms with van der Waals surface area (Å²) < 4.78 is 7.59. The van der Waals surface area contributed by atoms with Gasteiger partial charge in [-0.1, -0.05) is 0 Å². The number of aromatic nitrogens is 1. The Labute approximate surface area is 166 Å². The molecule has 2 amide bonds. The molecule has 7 heteroatoms. The van der Waals surface area contributed by atoms with Gasteiger partial charge in [0.2, 0.25) is 0 Å². The molecule has 0 radical (unpaired) electrons. The van der Waals surface area contributed by atoms with E-state index in [4.69, 9.17) is 4.74 Å². The number of rotatable bonds is 7. The van der Waals surface area contributed by atoms with E-state index in [0.717, 1.165) is 28.4 Å². The summed E-state index contributed by atoms with van der Waals surface area (Å²) in [7, 11) is 0. The summed E-state index contributed by atoms with van der Waals surface area (Å²) >= 11 is 0. The maximum Gasteiger partial charge on any atom is 0.329 e. The van der Waals surface area contributed by atoms with Gasteiger partial charge in [-0.2, -0.15) is 5.10 Å². The normalized spacial score (nSPS) is 10.9. The first kappa shape index (κ1) is 21.2. The van der Waals surface area contributed by atoms with Crippen molar-refractivity contribution in [1.29, 1.82) is 0 Å². The first-order valence-electron chi connectivity index (χ1n) is 9.47. The third-order valence-electron chi connectivity index (χ3n) is 4.49. The molecule has 0 aliphatic heterocycles. The second-order valence-corrected chi connectivity index (χ2v) is 6.27. The molecule has 0 aliphatic rings. The minimum atomic E-state index is -0.736. The molecule has 0 saturated carbocycles. The van der Waals surface area contributed by atoms with E-state index in [0.29, 0.717) is 19.7 Å². The zero-order valence-corrected chi connectivity index (χ0v) is 17.2. The highest BCUT2D eigenvalue weighted by molar-refractivity contribution is 6.34. The molecular weight excluding hydrogens is 356 g/mol. The molecule has 7 nitrogen and oxygen atoms in total. The van der Waals surface area contributed by atoms with Crippen molar-refractivity contribution in [2.24, 2.45) is 5.10 Å². The molecule has 0 unspecified atom stereocenters. The number of benzene rings is 1. The van der Waals surface area contributed by atoms with Gasteiger partial charge in [0.1, 0.15) is 5.75 Å². The molecule has 1 aromatic carbocycles. The Kier molecular flexibility index (Phi) is 7.37. The van der Waals surface area contributed by atoms with Crippen LogP contribution in [0, 0.1) is 13.8 Å². The zero-order chi connectivity index (χ0) is 20.7. The average Bonchev–Trinajstić information content (AvgIpc) is 2.97. The molecule has 2 aromatic rings. The summed E-state index contributed by atoms with van der Waals surface area (Å²) in [6.07, 6.45) is 1.56. The molecule has 0 spiro atoms. The summed E-state index contributed by atoms with van der Waals surface area (Å²) in [5, 5.41) is 3.96. The molecule has 1 heterocycles. The van der Waals surface area contributed by atoms with Crippen molar-refractivity contribution in [3.8, 4) is 11.4 Å². The van der Waals surface area contributed by atoms with Crippen LogP contribution in [0.15, 0.2) is 35.4 Å². The Morgan fingerprint density at radius 1 is 1.14 bits per heavy atom. The number of hydrogen-bond donors (Lipinski definition) is 1. The van der Waals surface area contributed by atoms with Gasteiger partial charge in [0.25, 0.3) is 0 Å². The third kappa shape index (κ3) is 4.79. The van der Waals surface area contributed by atoms with Crippen molar-refractivity contribution >= 4 is 18.0 Å². The van der Waals surface area contributed by atoms with Gasteiger partial charge in [-0.3, -0.25) is 9.59 Å². The van der Waals surface area contributed by atoms with Gasteiger partial charge >= 0.3 is 11.8 Å². The van der Waals surface area contributed by atoms with Crippen LogP contribution in [0.2, 0.25) is 0 Å². The lowest BCUT2D eigenvalue weighted by molar-refractivity contribution is -0.145. The van der Waals surface area contributed by atoms with Crippen LogP contribution < -0.4 is 10.2 Å². The zero-order valence-electron chi connectivity index (χ0n) is 17.2. The van der Waals surface area contributed by atoms with Crippen molar-refractivity contribution in [3.05, 3.63) is 47.3 Å². The van der Waals surface area contributed by atoms with Crippen molar-refractivity contribution in [3.63, 3.8) is 0 Å². The summed E-state index contributed by atoms with van der Waals surface area (Å²) in [6, 6.07) is 9.84. The Bertz CT molecular complexity index is 849. The maximum atomic E-state index is 12.0. The van der Waals surface area contributed by atoms with Crippen LogP contribution >= 0.6 is 0 Å². The number of carbonyl (C=O) groups excluding carboxylic acids is 2. The number of carbonyl (C=O) groups is 2. The quantitative estimate of drug-likeness (QED) is 0.453. The third-order valence-corrected chi connectivity index (χ3v) is 4.49. The number of likely N-dealkylation sites (N-methyl/N-ethyl adjacent to an activating group) is 1. The second-order valence-electron chi connectivity index (χ2n) is 6.27. The van der Waals surface area contributed by atoms with E-state index < -0.39 is 11.8 Å². The molecule has 1 N–H and O–H groups in total. The highest BCUT2D eigenvalue weighted by Gasteiger charge is 2.18. The molecule has 0 atom stereocenters. The minimum Gasteiger partial charge on any atom is -0.494 e. The largest absolute Gasteiger partial charge is 0.494 e. The van der Waals surface area contributed by atoms with Gasteiger partial charge in [-0.05, 0) is 65.0 Å². The van der Waals surface area contributed by atoms with E-state index in [1.165, 1.54) is 4.90 Å². The van der Waals surface area contributed by atoms with Crippen LogP contribution in [0.5, 0.6) is 5.75 Å². The fourth-order valence-electron chi connectivity index (χ4n) is 3.04. The Morgan fingerprint density at radius 3 is 2.36 bits per heavy atom. The van der Waals surface area contributed by atoms with Gasteiger partial charge in [0.15, 0.2) is 0 Å². The SMILES string of the molecule is CCOc1ccc(-n2c(C)cc(/C=N\NC(=O)C(=O)N(CC)CC)c2C)cc1. The minimum absolute atomic E-state index is 0.482. The standard InChI is InChI=1S/C21H28N4O3/c1-6-24(7-2)21(27)20(26)23-22-14-17-13-15(4)25(16(17)5)18-9-11-19(12-10-18)28-8-3/h9-14H,6-8H2,1-5H3,(H,23,26)/b22-14-. The van der Waals surface area contributed by atoms with E-state index in [-0.39, 0.29) is 0 Å². The van der Waals surface area contributed by atoms with E-state index in [1.807, 2.05) is 65.0 Å². The van der Waals surface area contributed by atoms with Crippen LogP contribution in [0.4, 0.5) is 0 Å². The number of ether oxygens (including phenoxy) is 1. The van der Waals surface area contributed by atoms with E-state index in [2.05, 4.69) is 15.1 Å². The van der Waals surface area contributed by atoms with Crippen molar-refractivity contribution in [2.45, 2.75) is 34.6 Å². The topological polar surface area (TPSA) is 75.9 Å². The van der Waals surface area contributed by atoms with Crippen molar-refractivity contribution in [2.75, 3.05) is 19.7 Å². The fourth-order valence-corrected chi connectivity index (χ4v) is 3.04. The Balaban J connectivity index is 2.14. The molecule has 150 valence electrons. The summed E-state index contributed by atoms with van der Waals surface area (Å²) in [4.78, 5) is 25.3. The summed E-state index contributed by atoms with van der Waals surface area (Å²) in [6.45, 7) is 11.2. The van der Waals surface area contributed by atoms with Crippen LogP contribution in [0.3, 0.4) is 0 Å². The first-order chi connectivity index (χ1) is 13.4. The van der Waals surface area contributed by atoms with Gasteiger partial charge in [0, 0.05) is 35.7 Å². The maximum absolute atomic E-state index is 12.0. The van der Waals surface area contributed by atoms with Gasteiger partial charge in [-0.25, -0.2) is 5.43 Å². The lowest BCUT2D eigenvalue weighted by atomic mass is 10.2. The molecule has 0 bridgehead atoms. The molecule has 0 fully saturated rings. The van der Waals surface area contributed by atoms with Crippen molar-refractivity contribution in [1.82, 2.24) is 14.9 Å². The predicted octanol–water partition coefficient (Wildman–Crippen LogP) is 2.81. The van der Waals surface area contributed by atoms with Crippen molar-refractivity contribution < 1.29 is 14.3 Å². The molecule has 2 rings (SSSR count). The summed E-state index contributed by atoms with van der Waals surface area (Å²) in [5.74, 6) is -0.488. The lowest BCUT2D eigenvalue weighted by Gasteiger charge is -2.16. The second kappa shape index (κ2) is 9.73. The molecular formula is C21H28N4O3. The number of hydrogen-bond acceptors (Lipinski definition) is 4. The van der Waals surface area contributed by atoms with Crippen LogP contribution in [0.1, 0.15) is 37.7 Å². The smallest absolute Gasteiger partial charge is 0.329 e. The van der Waals surface area contributed by atoms with Crippen LogP contribution in [0.25, 0.3) is 5.69 Å². The number of nitrogens with one attached hydrogen (secondary N) is 1. The number of nitrogens with zero attached hydrogens (tertiary/aromatic N) is 3. The molecule has 28 heavy (non-hydrogen) atoms. The Morgan fingerprint density at radius 2 is 1.79 bits per heavy atom. The Hall–Kier alpha value is -3.09. The molecule has 1 aromatic heterocycles. The van der Waals surface area contributed by atoms with Gasteiger partial charge in [-0.15, -0.1) is 0 Å². The average molecular weight is 384 g/mol. The number of amides is 2.